The van der Waals surface area contributed by atoms with Crippen molar-refractivity contribution in [3.63, 3.8) is 0 Å². The lowest BCUT2D eigenvalue weighted by Crippen LogP contribution is -2.26. The van der Waals surface area contributed by atoms with Crippen LogP contribution in [0.4, 0.5) is 18.9 Å². The normalized spacial score (nSPS) is 11.2. The maximum absolute atomic E-state index is 13.5. The number of alkyl halides is 3. The third-order valence-corrected chi connectivity index (χ3v) is 5.67. The lowest BCUT2D eigenvalue weighted by Gasteiger charge is -2.15. The van der Waals surface area contributed by atoms with Gasteiger partial charge < -0.3 is 10.6 Å². The molecule has 1 aromatic carbocycles. The molecule has 0 aliphatic carbocycles. The van der Waals surface area contributed by atoms with Gasteiger partial charge in [0.05, 0.1) is 40.8 Å². The van der Waals surface area contributed by atoms with E-state index in [0.717, 1.165) is 14.9 Å². The minimum atomic E-state index is -4.67. The van der Waals surface area contributed by atoms with Crippen LogP contribution in [0.3, 0.4) is 0 Å². The molecular formula is C24H19ClF3N9O2. The number of aromatic nitrogens is 6. The predicted octanol–water partition coefficient (Wildman–Crippen LogP) is 3.70. The molecule has 11 nitrogen and oxygen atoms in total. The Morgan fingerprint density at radius 1 is 1.18 bits per heavy atom. The molecule has 0 saturated heterocycles. The van der Waals surface area contributed by atoms with Crippen molar-refractivity contribution in [1.29, 1.82) is 5.26 Å². The first-order valence-electron chi connectivity index (χ1n) is 11.2. The quantitative estimate of drug-likeness (QED) is 0.330. The largest absolute Gasteiger partial charge is 0.436 e. The number of nitrogens with one attached hydrogen (secondary N) is 2. The Hall–Kier alpha value is -4.77. The van der Waals surface area contributed by atoms with E-state index in [0.29, 0.717) is 11.8 Å². The number of amides is 2. The number of hydrogen-bond acceptors (Lipinski definition) is 7. The maximum atomic E-state index is 13.5. The highest BCUT2D eigenvalue weighted by Gasteiger charge is 2.34. The van der Waals surface area contributed by atoms with Crippen molar-refractivity contribution in [3.8, 4) is 11.9 Å². The van der Waals surface area contributed by atoms with Crippen LogP contribution in [0.25, 0.3) is 5.82 Å². The van der Waals surface area contributed by atoms with Gasteiger partial charge in [-0.05, 0) is 49.2 Å². The molecule has 4 aromatic rings. The molecule has 0 atom stereocenters. The Morgan fingerprint density at radius 3 is 2.62 bits per heavy atom. The van der Waals surface area contributed by atoms with Crippen molar-refractivity contribution in [2.24, 2.45) is 0 Å². The second kappa shape index (κ2) is 10.9. The molecule has 2 N–H and O–H groups in total. The SMILES string of the molecule is Cc1cc(C)c(NC(=O)c2cc(Cn3cc(C(F)(F)F)nn3)nn2-c2ncccc2Cl)c(C(=O)NCC#N)c1. The highest BCUT2D eigenvalue weighted by Crippen LogP contribution is 2.28. The molecule has 0 aliphatic rings. The summed E-state index contributed by atoms with van der Waals surface area (Å²) in [4.78, 5) is 30.4. The summed E-state index contributed by atoms with van der Waals surface area (Å²) in [6.45, 7) is 3.00. The molecule has 0 spiro atoms. The Labute approximate surface area is 224 Å². The van der Waals surface area contributed by atoms with Crippen molar-refractivity contribution in [2.75, 3.05) is 11.9 Å². The summed E-state index contributed by atoms with van der Waals surface area (Å²) in [5, 5.41) is 25.1. The highest BCUT2D eigenvalue weighted by molar-refractivity contribution is 6.32. The summed E-state index contributed by atoms with van der Waals surface area (Å²) < 4.78 is 40.9. The van der Waals surface area contributed by atoms with Gasteiger partial charge in [-0.2, -0.15) is 23.5 Å². The van der Waals surface area contributed by atoms with E-state index in [1.54, 1.807) is 32.0 Å². The third-order valence-electron chi connectivity index (χ3n) is 5.38. The molecule has 2 amide bonds. The van der Waals surface area contributed by atoms with Gasteiger partial charge in [-0.25, -0.2) is 14.3 Å². The number of halogens is 4. The Morgan fingerprint density at radius 2 is 1.95 bits per heavy atom. The van der Waals surface area contributed by atoms with Crippen LogP contribution >= 0.6 is 11.6 Å². The summed E-state index contributed by atoms with van der Waals surface area (Å²) in [5.41, 5.74) is 0.596. The van der Waals surface area contributed by atoms with Gasteiger partial charge in [-0.15, -0.1) is 5.10 Å². The summed E-state index contributed by atoms with van der Waals surface area (Å²) in [7, 11) is 0. The van der Waals surface area contributed by atoms with Crippen LogP contribution in [0.1, 0.15) is 43.4 Å². The molecule has 39 heavy (non-hydrogen) atoms. The molecule has 4 rings (SSSR count). The molecule has 0 fully saturated rings. The first-order chi connectivity index (χ1) is 18.5. The van der Waals surface area contributed by atoms with E-state index in [-0.39, 0.29) is 46.6 Å². The zero-order valence-electron chi connectivity index (χ0n) is 20.4. The minimum absolute atomic E-state index is 0.0647. The lowest BCUT2D eigenvalue weighted by atomic mass is 10.0. The fraction of sp³-hybridized carbons (Fsp3) is 0.208. The van der Waals surface area contributed by atoms with Gasteiger partial charge in [-0.3, -0.25) is 9.59 Å². The number of pyridine rings is 1. The molecule has 3 heterocycles. The number of nitriles is 1. The molecule has 0 bridgehead atoms. The summed E-state index contributed by atoms with van der Waals surface area (Å²) in [6, 6.07) is 9.60. The van der Waals surface area contributed by atoms with Gasteiger partial charge >= 0.3 is 6.18 Å². The van der Waals surface area contributed by atoms with E-state index in [9.17, 15) is 22.8 Å². The number of nitrogens with zero attached hydrogens (tertiary/aromatic N) is 7. The van der Waals surface area contributed by atoms with Crippen molar-refractivity contribution < 1.29 is 22.8 Å². The molecule has 0 saturated carbocycles. The predicted molar refractivity (Wildman–Crippen MR) is 132 cm³/mol. The van der Waals surface area contributed by atoms with Crippen LogP contribution in [0, 0.1) is 25.2 Å². The first kappa shape index (κ1) is 27.3. The number of hydrogen-bond donors (Lipinski definition) is 2. The first-order valence-corrected chi connectivity index (χ1v) is 11.6. The van der Waals surface area contributed by atoms with Crippen LogP contribution in [-0.2, 0) is 12.7 Å². The number of benzene rings is 1. The minimum Gasteiger partial charge on any atom is -0.339 e. The van der Waals surface area contributed by atoms with Crippen molar-refractivity contribution >= 4 is 29.1 Å². The summed E-state index contributed by atoms with van der Waals surface area (Å²) in [5.74, 6) is -1.17. The molecule has 15 heteroatoms. The molecule has 0 radical (unpaired) electrons. The van der Waals surface area contributed by atoms with Crippen LogP contribution in [0.5, 0.6) is 0 Å². The number of carbonyl (C=O) groups is 2. The zero-order chi connectivity index (χ0) is 28.3. The monoisotopic (exact) mass is 557 g/mol. The third kappa shape index (κ3) is 6.04. The van der Waals surface area contributed by atoms with Crippen molar-refractivity contribution in [2.45, 2.75) is 26.6 Å². The van der Waals surface area contributed by atoms with Crippen molar-refractivity contribution in [3.05, 3.63) is 81.5 Å². The average molecular weight is 558 g/mol. The summed E-state index contributed by atoms with van der Waals surface area (Å²) in [6.07, 6.45) is -2.53. The van der Waals surface area contributed by atoms with Crippen LogP contribution in [-0.4, -0.2) is 48.1 Å². The number of anilines is 1. The molecule has 200 valence electrons. The molecular weight excluding hydrogens is 539 g/mol. The number of aryl methyl sites for hydroxylation is 2. The van der Waals surface area contributed by atoms with E-state index >= 15 is 0 Å². The van der Waals surface area contributed by atoms with Gasteiger partial charge in [-0.1, -0.05) is 22.9 Å². The second-order valence-corrected chi connectivity index (χ2v) is 8.75. The second-order valence-electron chi connectivity index (χ2n) is 8.34. The van der Waals surface area contributed by atoms with Crippen LogP contribution in [0.15, 0.2) is 42.7 Å². The molecule has 0 aliphatic heterocycles. The van der Waals surface area contributed by atoms with E-state index in [1.165, 1.54) is 18.3 Å². The van der Waals surface area contributed by atoms with E-state index in [4.69, 9.17) is 16.9 Å². The topological polar surface area (TPSA) is 143 Å². The molecule has 0 unspecified atom stereocenters. The van der Waals surface area contributed by atoms with E-state index in [2.05, 4.69) is 31.0 Å². The van der Waals surface area contributed by atoms with Gasteiger partial charge in [0.1, 0.15) is 12.2 Å². The zero-order valence-corrected chi connectivity index (χ0v) is 21.2. The van der Waals surface area contributed by atoms with Gasteiger partial charge in [0.15, 0.2) is 11.5 Å². The van der Waals surface area contributed by atoms with Crippen LogP contribution in [0.2, 0.25) is 5.02 Å². The Balaban J connectivity index is 1.73. The van der Waals surface area contributed by atoms with E-state index in [1.807, 2.05) is 6.07 Å². The number of rotatable bonds is 7. The van der Waals surface area contributed by atoms with Crippen LogP contribution < -0.4 is 10.6 Å². The fourth-order valence-corrected chi connectivity index (χ4v) is 3.94. The Kier molecular flexibility index (Phi) is 7.63. The fourth-order valence-electron chi connectivity index (χ4n) is 3.74. The van der Waals surface area contributed by atoms with Gasteiger partial charge in [0.2, 0.25) is 0 Å². The highest BCUT2D eigenvalue weighted by atomic mass is 35.5. The maximum Gasteiger partial charge on any atom is 0.436 e. The molecule has 3 aromatic heterocycles. The summed E-state index contributed by atoms with van der Waals surface area (Å²) >= 11 is 6.29. The Bertz CT molecular complexity index is 1610. The average Bonchev–Trinajstić information content (AvgIpc) is 3.52. The smallest absolute Gasteiger partial charge is 0.339 e. The standard InChI is InChI=1S/C24H19ClF3N9O2/c1-13-8-14(2)20(16(9-13)22(38)31-7-5-29)32-23(39)18-10-15(11-36-12-19(33-35-36)24(26,27)28)34-37(18)21-17(25)4-3-6-30-21/h3-4,6,8-10,12H,7,11H2,1-2H3,(H,31,38)(H,32,39). The van der Waals surface area contributed by atoms with E-state index < -0.39 is 23.7 Å². The lowest BCUT2D eigenvalue weighted by molar-refractivity contribution is -0.141. The van der Waals surface area contributed by atoms with Crippen molar-refractivity contribution in [1.82, 2.24) is 35.1 Å². The van der Waals surface area contributed by atoms with Gasteiger partial charge in [0, 0.05) is 6.20 Å². The van der Waals surface area contributed by atoms with Gasteiger partial charge in [0.25, 0.3) is 11.8 Å². The number of carbonyl (C=O) groups excluding carboxylic acids is 2.